The van der Waals surface area contributed by atoms with Crippen molar-refractivity contribution < 1.29 is 9.18 Å². The zero-order valence-corrected chi connectivity index (χ0v) is 10.4. The Morgan fingerprint density at radius 3 is 2.82 bits per heavy atom. The summed E-state index contributed by atoms with van der Waals surface area (Å²) in [4.78, 5) is 11.8. The summed E-state index contributed by atoms with van der Waals surface area (Å²) in [6.07, 6.45) is 0. The number of rotatable bonds is 3. The first-order valence-electron chi connectivity index (χ1n) is 5.54. The van der Waals surface area contributed by atoms with Crippen molar-refractivity contribution in [3.8, 4) is 0 Å². The van der Waals surface area contributed by atoms with Crippen LogP contribution in [0, 0.1) is 5.82 Å². The molecule has 1 aromatic carbocycles. The molecule has 0 spiro atoms. The van der Waals surface area contributed by atoms with Crippen molar-refractivity contribution >= 4 is 17.7 Å². The van der Waals surface area contributed by atoms with Gasteiger partial charge >= 0.3 is 0 Å². The van der Waals surface area contributed by atoms with Gasteiger partial charge in [-0.1, -0.05) is 12.1 Å². The lowest BCUT2D eigenvalue weighted by Gasteiger charge is -2.17. The van der Waals surface area contributed by atoms with E-state index in [4.69, 9.17) is 0 Å². The van der Waals surface area contributed by atoms with Crippen LogP contribution in [0.1, 0.15) is 18.5 Å². The Kier molecular flexibility index (Phi) is 4.02. The highest BCUT2D eigenvalue weighted by Gasteiger charge is 2.23. The number of carbonyl (C=O) groups excluding carboxylic acids is 1. The predicted octanol–water partition coefficient (Wildman–Crippen LogP) is 1.67. The molecule has 0 bridgehead atoms. The average molecular weight is 254 g/mol. The Bertz CT molecular complexity index is 390. The summed E-state index contributed by atoms with van der Waals surface area (Å²) in [6.45, 7) is 1.90. The minimum absolute atomic E-state index is 0.00632. The van der Waals surface area contributed by atoms with Crippen LogP contribution in [0.3, 0.4) is 0 Å². The molecule has 0 aliphatic carbocycles. The summed E-state index contributed by atoms with van der Waals surface area (Å²) in [5, 5.41) is 6.03. The van der Waals surface area contributed by atoms with Gasteiger partial charge in [0, 0.05) is 11.6 Å². The smallest absolute Gasteiger partial charge is 0.238 e. The van der Waals surface area contributed by atoms with Crippen molar-refractivity contribution in [2.45, 2.75) is 19.0 Å². The monoisotopic (exact) mass is 254 g/mol. The number of carbonyl (C=O) groups is 1. The van der Waals surface area contributed by atoms with E-state index in [1.165, 1.54) is 12.1 Å². The van der Waals surface area contributed by atoms with Gasteiger partial charge in [0.05, 0.1) is 12.1 Å². The van der Waals surface area contributed by atoms with E-state index in [0.29, 0.717) is 0 Å². The molecular weight excluding hydrogens is 239 g/mol. The number of nitrogens with one attached hydrogen (secondary N) is 2. The maximum absolute atomic E-state index is 12.8. The van der Waals surface area contributed by atoms with E-state index in [2.05, 4.69) is 10.6 Å². The van der Waals surface area contributed by atoms with Gasteiger partial charge in [-0.3, -0.25) is 10.1 Å². The van der Waals surface area contributed by atoms with Gasteiger partial charge in [0.1, 0.15) is 5.82 Å². The van der Waals surface area contributed by atoms with E-state index in [1.807, 2.05) is 6.92 Å². The third kappa shape index (κ3) is 3.20. The molecule has 1 aliphatic heterocycles. The molecule has 92 valence electrons. The predicted molar refractivity (Wildman–Crippen MR) is 67.2 cm³/mol. The lowest BCUT2D eigenvalue weighted by Crippen LogP contribution is -2.42. The molecule has 1 amide bonds. The molecule has 17 heavy (non-hydrogen) atoms. The minimum Gasteiger partial charge on any atom is -0.348 e. The van der Waals surface area contributed by atoms with E-state index < -0.39 is 0 Å². The van der Waals surface area contributed by atoms with Crippen molar-refractivity contribution in [3.63, 3.8) is 0 Å². The Balaban J connectivity index is 1.93. The minimum atomic E-state index is -0.263. The Labute approximate surface area is 104 Å². The van der Waals surface area contributed by atoms with Crippen LogP contribution in [0.15, 0.2) is 24.3 Å². The van der Waals surface area contributed by atoms with E-state index in [1.54, 1.807) is 23.9 Å². The first kappa shape index (κ1) is 12.4. The molecule has 1 heterocycles. The van der Waals surface area contributed by atoms with Gasteiger partial charge in [-0.2, -0.15) is 0 Å². The number of hydrogen-bond acceptors (Lipinski definition) is 3. The van der Waals surface area contributed by atoms with Crippen LogP contribution < -0.4 is 10.6 Å². The van der Waals surface area contributed by atoms with E-state index >= 15 is 0 Å². The van der Waals surface area contributed by atoms with Crippen LogP contribution in [-0.2, 0) is 4.79 Å². The highest BCUT2D eigenvalue weighted by atomic mass is 32.2. The third-order valence-corrected chi connectivity index (χ3v) is 3.70. The van der Waals surface area contributed by atoms with Crippen molar-refractivity contribution in [2.75, 3.05) is 11.6 Å². The molecule has 2 N–H and O–H groups in total. The third-order valence-electron chi connectivity index (χ3n) is 2.76. The summed E-state index contributed by atoms with van der Waals surface area (Å²) in [5.41, 5.74) is 0.908. The summed E-state index contributed by atoms with van der Waals surface area (Å²) in [6, 6.07) is 5.98. The van der Waals surface area contributed by atoms with Crippen LogP contribution >= 0.6 is 11.8 Å². The van der Waals surface area contributed by atoms with Gasteiger partial charge in [0.15, 0.2) is 0 Å². The SMILES string of the molecule is C[C@H](NC(=O)C1CSCN1)c1ccc(F)cc1. The highest BCUT2D eigenvalue weighted by Crippen LogP contribution is 2.15. The van der Waals surface area contributed by atoms with Gasteiger partial charge in [-0.05, 0) is 24.6 Å². The number of amides is 1. The van der Waals surface area contributed by atoms with Crippen LogP contribution in [0.4, 0.5) is 4.39 Å². The number of thioether (sulfide) groups is 1. The first-order chi connectivity index (χ1) is 8.16. The van der Waals surface area contributed by atoms with Crippen molar-refractivity contribution in [2.24, 2.45) is 0 Å². The lowest BCUT2D eigenvalue weighted by molar-refractivity contribution is -0.123. The Morgan fingerprint density at radius 1 is 1.53 bits per heavy atom. The van der Waals surface area contributed by atoms with E-state index in [9.17, 15) is 9.18 Å². The fourth-order valence-corrected chi connectivity index (χ4v) is 2.65. The second kappa shape index (κ2) is 5.51. The maximum Gasteiger partial charge on any atom is 0.238 e. The summed E-state index contributed by atoms with van der Waals surface area (Å²) in [5.74, 6) is 1.37. The lowest BCUT2D eigenvalue weighted by atomic mass is 10.1. The molecule has 2 rings (SSSR count). The van der Waals surface area contributed by atoms with Crippen LogP contribution in [0.25, 0.3) is 0 Å². The highest BCUT2D eigenvalue weighted by molar-refractivity contribution is 7.99. The fraction of sp³-hybridized carbons (Fsp3) is 0.417. The van der Waals surface area contributed by atoms with E-state index in [-0.39, 0.29) is 23.8 Å². The molecule has 2 atom stereocenters. The zero-order chi connectivity index (χ0) is 12.3. The molecule has 0 saturated carbocycles. The van der Waals surface area contributed by atoms with Crippen molar-refractivity contribution in [1.82, 2.24) is 10.6 Å². The van der Waals surface area contributed by atoms with Gasteiger partial charge in [-0.15, -0.1) is 11.8 Å². The molecule has 1 fully saturated rings. The summed E-state index contributed by atoms with van der Waals surface area (Å²) < 4.78 is 12.8. The van der Waals surface area contributed by atoms with Gasteiger partial charge in [0.25, 0.3) is 0 Å². The first-order valence-corrected chi connectivity index (χ1v) is 6.69. The second-order valence-electron chi connectivity index (χ2n) is 4.05. The Morgan fingerprint density at radius 2 is 2.24 bits per heavy atom. The Hall–Kier alpha value is -1.07. The van der Waals surface area contributed by atoms with Crippen LogP contribution in [0.2, 0.25) is 0 Å². The topological polar surface area (TPSA) is 41.1 Å². The molecule has 0 radical (unpaired) electrons. The zero-order valence-electron chi connectivity index (χ0n) is 9.57. The quantitative estimate of drug-likeness (QED) is 0.862. The van der Waals surface area contributed by atoms with Crippen molar-refractivity contribution in [1.29, 1.82) is 0 Å². The number of benzene rings is 1. The number of hydrogen-bond donors (Lipinski definition) is 2. The van der Waals surface area contributed by atoms with Crippen LogP contribution in [-0.4, -0.2) is 23.6 Å². The fourth-order valence-electron chi connectivity index (χ4n) is 1.71. The van der Waals surface area contributed by atoms with Crippen LogP contribution in [0.5, 0.6) is 0 Å². The molecule has 1 saturated heterocycles. The molecule has 0 aromatic heterocycles. The summed E-state index contributed by atoms with van der Waals surface area (Å²) >= 11 is 1.71. The molecule has 5 heteroatoms. The largest absolute Gasteiger partial charge is 0.348 e. The van der Waals surface area contributed by atoms with Crippen molar-refractivity contribution in [3.05, 3.63) is 35.6 Å². The van der Waals surface area contributed by atoms with E-state index in [0.717, 1.165) is 17.2 Å². The maximum atomic E-state index is 12.8. The second-order valence-corrected chi connectivity index (χ2v) is 5.08. The molecule has 1 aliphatic rings. The summed E-state index contributed by atoms with van der Waals surface area (Å²) in [7, 11) is 0. The number of halogens is 1. The molecule has 3 nitrogen and oxygen atoms in total. The molecular formula is C12H15FN2OS. The average Bonchev–Trinajstić information content (AvgIpc) is 2.83. The normalized spacial score (nSPS) is 21.2. The molecule has 1 aromatic rings. The van der Waals surface area contributed by atoms with Gasteiger partial charge in [-0.25, -0.2) is 4.39 Å². The van der Waals surface area contributed by atoms with Gasteiger partial charge < -0.3 is 5.32 Å². The van der Waals surface area contributed by atoms with Gasteiger partial charge in [0.2, 0.25) is 5.91 Å². The molecule has 1 unspecified atom stereocenters. The standard InChI is InChI=1S/C12H15FN2OS/c1-8(9-2-4-10(13)5-3-9)15-12(16)11-6-17-7-14-11/h2-5,8,11,14H,6-7H2,1H3,(H,15,16)/t8-,11?/m0/s1.